The van der Waals surface area contributed by atoms with Crippen LogP contribution in [0.15, 0.2) is 28.7 Å². The van der Waals surface area contributed by atoms with Crippen molar-refractivity contribution in [1.29, 1.82) is 0 Å². The van der Waals surface area contributed by atoms with Gasteiger partial charge < -0.3 is 0 Å². The van der Waals surface area contributed by atoms with Crippen molar-refractivity contribution in [2.45, 2.75) is 37.9 Å². The van der Waals surface area contributed by atoms with Crippen LogP contribution in [0.25, 0.3) is 0 Å². The van der Waals surface area contributed by atoms with Gasteiger partial charge in [0.1, 0.15) is 0 Å². The molecule has 3 atom stereocenters. The lowest BCUT2D eigenvalue weighted by atomic mass is 9.82. The molecule has 3 heteroatoms. The van der Waals surface area contributed by atoms with E-state index in [2.05, 4.69) is 57.5 Å². The number of fused-ring (bicyclic) bond motifs is 1. The van der Waals surface area contributed by atoms with Gasteiger partial charge in [-0.15, -0.1) is 0 Å². The summed E-state index contributed by atoms with van der Waals surface area (Å²) in [7, 11) is 2.24. The highest BCUT2D eigenvalue weighted by molar-refractivity contribution is 9.10. The maximum absolute atomic E-state index is 3.85. The molecule has 1 aliphatic carbocycles. The third-order valence-corrected chi connectivity index (χ3v) is 4.90. The zero-order chi connectivity index (χ0) is 12.5. The van der Waals surface area contributed by atoms with Crippen LogP contribution < -0.4 is 5.32 Å². The summed E-state index contributed by atoms with van der Waals surface area (Å²) >= 11 is 3.57. The van der Waals surface area contributed by atoms with Crippen LogP contribution in [0, 0.1) is 5.92 Å². The van der Waals surface area contributed by atoms with Crippen molar-refractivity contribution in [2.75, 3.05) is 13.6 Å². The topological polar surface area (TPSA) is 15.3 Å². The number of hydrogen-bond donors (Lipinski definition) is 1. The van der Waals surface area contributed by atoms with Crippen LogP contribution in [0.4, 0.5) is 0 Å². The second-order valence-corrected chi connectivity index (χ2v) is 6.63. The minimum Gasteiger partial charge on any atom is -0.295 e. The Morgan fingerprint density at radius 1 is 1.28 bits per heavy atom. The molecule has 1 aromatic carbocycles. The molecule has 98 valence electrons. The highest BCUT2D eigenvalue weighted by Gasteiger charge is 2.34. The molecule has 2 aliphatic rings. The van der Waals surface area contributed by atoms with E-state index in [9.17, 15) is 0 Å². The van der Waals surface area contributed by atoms with Crippen molar-refractivity contribution in [3.05, 3.63) is 34.3 Å². The van der Waals surface area contributed by atoms with E-state index < -0.39 is 0 Å². The number of nitrogens with zero attached hydrogens (tertiary/aromatic N) is 1. The molecule has 1 heterocycles. The van der Waals surface area contributed by atoms with Crippen LogP contribution in [-0.2, 0) is 0 Å². The quantitative estimate of drug-likeness (QED) is 0.853. The first-order valence-electron chi connectivity index (χ1n) is 6.96. The summed E-state index contributed by atoms with van der Waals surface area (Å²) in [5.74, 6) is 0.854. The standard InChI is InChI=1S/C15H21BrN2/c1-18-10-12-5-2-3-8-14(12)17-15(18)11-6-4-7-13(16)9-11/h4,6-7,9,12,14-15,17H,2-3,5,8,10H2,1H3/t12-,14+,15-/m0/s1. The molecule has 1 N–H and O–H groups in total. The molecule has 18 heavy (non-hydrogen) atoms. The third-order valence-electron chi connectivity index (χ3n) is 4.41. The molecule has 0 unspecified atom stereocenters. The minimum absolute atomic E-state index is 0.377. The van der Waals surface area contributed by atoms with E-state index in [-0.39, 0.29) is 0 Å². The van der Waals surface area contributed by atoms with Crippen LogP contribution in [0.1, 0.15) is 37.4 Å². The molecule has 0 bridgehead atoms. The largest absolute Gasteiger partial charge is 0.295 e. The van der Waals surface area contributed by atoms with Gasteiger partial charge in [-0.05, 0) is 43.5 Å². The van der Waals surface area contributed by atoms with E-state index in [1.165, 1.54) is 42.3 Å². The van der Waals surface area contributed by atoms with Gasteiger partial charge in [-0.3, -0.25) is 10.2 Å². The Balaban J connectivity index is 1.80. The van der Waals surface area contributed by atoms with Crippen molar-refractivity contribution in [1.82, 2.24) is 10.2 Å². The number of nitrogens with one attached hydrogen (secondary N) is 1. The first kappa shape index (κ1) is 12.6. The van der Waals surface area contributed by atoms with E-state index in [4.69, 9.17) is 0 Å². The van der Waals surface area contributed by atoms with E-state index in [0.29, 0.717) is 6.17 Å². The van der Waals surface area contributed by atoms with Crippen molar-refractivity contribution in [3.63, 3.8) is 0 Å². The van der Waals surface area contributed by atoms with Gasteiger partial charge in [0, 0.05) is 17.1 Å². The predicted molar refractivity (Wildman–Crippen MR) is 78.4 cm³/mol. The van der Waals surface area contributed by atoms with Gasteiger partial charge >= 0.3 is 0 Å². The Bertz CT molecular complexity index is 421. The van der Waals surface area contributed by atoms with Gasteiger partial charge in [0.05, 0.1) is 6.17 Å². The molecular weight excluding hydrogens is 288 g/mol. The summed E-state index contributed by atoms with van der Waals surface area (Å²) < 4.78 is 1.17. The molecule has 0 radical (unpaired) electrons. The number of rotatable bonds is 1. The number of hydrogen-bond acceptors (Lipinski definition) is 2. The van der Waals surface area contributed by atoms with Gasteiger partial charge in [-0.25, -0.2) is 0 Å². The minimum atomic E-state index is 0.377. The lowest BCUT2D eigenvalue weighted by molar-refractivity contribution is 0.0608. The summed E-state index contributed by atoms with van der Waals surface area (Å²) in [4.78, 5) is 2.47. The second-order valence-electron chi connectivity index (χ2n) is 5.71. The van der Waals surface area contributed by atoms with Crippen LogP contribution in [-0.4, -0.2) is 24.5 Å². The molecule has 0 aromatic heterocycles. The zero-order valence-corrected chi connectivity index (χ0v) is 12.5. The van der Waals surface area contributed by atoms with Crippen molar-refractivity contribution in [2.24, 2.45) is 5.92 Å². The van der Waals surface area contributed by atoms with Crippen LogP contribution in [0.5, 0.6) is 0 Å². The molecular formula is C15H21BrN2. The second kappa shape index (κ2) is 5.32. The third kappa shape index (κ3) is 2.49. The van der Waals surface area contributed by atoms with Gasteiger partial charge in [0.25, 0.3) is 0 Å². The van der Waals surface area contributed by atoms with E-state index >= 15 is 0 Å². The van der Waals surface area contributed by atoms with Gasteiger partial charge in [0.2, 0.25) is 0 Å². The summed E-state index contributed by atoms with van der Waals surface area (Å²) in [6.07, 6.45) is 5.93. The van der Waals surface area contributed by atoms with Crippen LogP contribution >= 0.6 is 15.9 Å². The highest BCUT2D eigenvalue weighted by Crippen LogP contribution is 2.33. The van der Waals surface area contributed by atoms with Gasteiger partial charge in [0.15, 0.2) is 0 Å². The Kier molecular flexibility index (Phi) is 3.73. The monoisotopic (exact) mass is 308 g/mol. The average Bonchev–Trinajstić information content (AvgIpc) is 2.38. The van der Waals surface area contributed by atoms with Crippen molar-refractivity contribution in [3.8, 4) is 0 Å². The molecule has 1 saturated carbocycles. The Labute approximate surface area is 118 Å². The van der Waals surface area contributed by atoms with Crippen molar-refractivity contribution < 1.29 is 0 Å². The highest BCUT2D eigenvalue weighted by atomic mass is 79.9. The van der Waals surface area contributed by atoms with Crippen molar-refractivity contribution >= 4 is 15.9 Å². The fourth-order valence-corrected chi connectivity index (χ4v) is 3.90. The lowest BCUT2D eigenvalue weighted by Crippen LogP contribution is -2.54. The maximum atomic E-state index is 3.85. The molecule has 1 aliphatic heterocycles. The predicted octanol–water partition coefficient (Wildman–Crippen LogP) is 3.54. The molecule has 1 saturated heterocycles. The fourth-order valence-electron chi connectivity index (χ4n) is 3.48. The summed E-state index contributed by atoms with van der Waals surface area (Å²) in [5.41, 5.74) is 1.37. The van der Waals surface area contributed by atoms with Gasteiger partial charge in [-0.1, -0.05) is 40.9 Å². The number of halogens is 1. The molecule has 3 rings (SSSR count). The smallest absolute Gasteiger partial charge is 0.0861 e. The summed E-state index contributed by atoms with van der Waals surface area (Å²) in [6, 6.07) is 9.40. The fraction of sp³-hybridized carbons (Fsp3) is 0.600. The maximum Gasteiger partial charge on any atom is 0.0861 e. The van der Waals surface area contributed by atoms with Crippen LogP contribution in [0.2, 0.25) is 0 Å². The molecule has 1 aromatic rings. The number of benzene rings is 1. The summed E-state index contributed by atoms with van der Waals surface area (Å²) in [5, 5.41) is 3.85. The first-order chi connectivity index (χ1) is 8.74. The Morgan fingerprint density at radius 2 is 2.11 bits per heavy atom. The normalized spacial score (nSPS) is 33.1. The lowest BCUT2D eigenvalue weighted by Gasteiger charge is -2.46. The summed E-state index contributed by atoms with van der Waals surface area (Å²) in [6.45, 7) is 1.23. The van der Waals surface area contributed by atoms with E-state index in [0.717, 1.165) is 12.0 Å². The molecule has 0 amide bonds. The first-order valence-corrected chi connectivity index (χ1v) is 7.75. The van der Waals surface area contributed by atoms with Crippen LogP contribution in [0.3, 0.4) is 0 Å². The Hall–Kier alpha value is -0.380. The van der Waals surface area contributed by atoms with E-state index in [1.54, 1.807) is 0 Å². The average molecular weight is 309 g/mol. The van der Waals surface area contributed by atoms with Gasteiger partial charge in [-0.2, -0.15) is 0 Å². The Morgan fingerprint density at radius 3 is 2.94 bits per heavy atom. The SMILES string of the molecule is CN1C[C@@H]2CCCC[C@H]2N[C@@H]1c1cccc(Br)c1. The molecule has 0 spiro atoms. The zero-order valence-electron chi connectivity index (χ0n) is 10.9. The molecule has 2 fully saturated rings. The molecule has 2 nitrogen and oxygen atoms in total. The van der Waals surface area contributed by atoms with E-state index in [1.807, 2.05) is 0 Å².